The molecule has 1 fully saturated rings. The highest BCUT2D eigenvalue weighted by Crippen LogP contribution is 2.36. The maximum atomic E-state index is 6.35. The largest absolute Gasteiger partial charge is 0.307 e. The van der Waals surface area contributed by atoms with Gasteiger partial charge in [-0.1, -0.05) is 67.1 Å². The van der Waals surface area contributed by atoms with E-state index in [1.807, 2.05) is 12.1 Å². The number of nitrogens with one attached hydrogen (secondary N) is 1. The minimum atomic E-state index is 0.180. The van der Waals surface area contributed by atoms with Crippen molar-refractivity contribution >= 4 is 34.8 Å². The van der Waals surface area contributed by atoms with Crippen LogP contribution in [0, 0.1) is 5.92 Å². The summed E-state index contributed by atoms with van der Waals surface area (Å²) in [5, 5.41) is 5.29. The molecule has 2 rings (SSSR count). The normalized spacial score (nSPS) is 19.5. The van der Waals surface area contributed by atoms with Crippen molar-refractivity contribution < 1.29 is 0 Å². The fraction of sp³-hybridized carbons (Fsp3) is 0.647. The molecule has 0 radical (unpaired) electrons. The van der Waals surface area contributed by atoms with Crippen LogP contribution < -0.4 is 5.32 Å². The van der Waals surface area contributed by atoms with Crippen molar-refractivity contribution in [2.24, 2.45) is 5.92 Å². The quantitative estimate of drug-likeness (QED) is 0.587. The monoisotopic (exact) mass is 347 g/mol. The Morgan fingerprint density at radius 2 is 1.76 bits per heavy atom. The molecular weight excluding hydrogens is 325 g/mol. The molecule has 21 heavy (non-hydrogen) atoms. The molecule has 2 unspecified atom stereocenters. The minimum Gasteiger partial charge on any atom is -0.307 e. The summed E-state index contributed by atoms with van der Waals surface area (Å²) in [6.07, 6.45) is 7.95. The summed E-state index contributed by atoms with van der Waals surface area (Å²) in [6, 6.07) is 4.53. The van der Waals surface area contributed by atoms with Gasteiger partial charge < -0.3 is 5.32 Å². The molecule has 4 heteroatoms. The molecular formula is C17H24Cl3N. The Hall–Kier alpha value is 0.0500. The molecule has 1 saturated carbocycles. The van der Waals surface area contributed by atoms with Crippen LogP contribution in [0.5, 0.6) is 0 Å². The third kappa shape index (κ3) is 4.28. The van der Waals surface area contributed by atoms with E-state index in [1.54, 1.807) is 0 Å². The summed E-state index contributed by atoms with van der Waals surface area (Å²) in [7, 11) is 0. The second-order valence-electron chi connectivity index (χ2n) is 6.07. The van der Waals surface area contributed by atoms with Gasteiger partial charge in [0.15, 0.2) is 0 Å². The van der Waals surface area contributed by atoms with Gasteiger partial charge in [0.2, 0.25) is 0 Å². The van der Waals surface area contributed by atoms with Gasteiger partial charge in [0, 0.05) is 12.1 Å². The van der Waals surface area contributed by atoms with Crippen LogP contribution in [0.15, 0.2) is 12.1 Å². The van der Waals surface area contributed by atoms with Crippen molar-refractivity contribution in [1.82, 2.24) is 5.32 Å². The maximum absolute atomic E-state index is 6.35. The zero-order valence-corrected chi connectivity index (χ0v) is 15.0. The zero-order valence-electron chi connectivity index (χ0n) is 12.8. The Balaban J connectivity index is 2.08. The van der Waals surface area contributed by atoms with Gasteiger partial charge in [-0.05, 0) is 43.7 Å². The number of halogens is 3. The van der Waals surface area contributed by atoms with Crippen LogP contribution in [0.1, 0.15) is 64.0 Å². The van der Waals surface area contributed by atoms with Crippen LogP contribution in [0.3, 0.4) is 0 Å². The van der Waals surface area contributed by atoms with Crippen molar-refractivity contribution in [2.45, 2.75) is 64.5 Å². The van der Waals surface area contributed by atoms with Gasteiger partial charge in [-0.15, -0.1) is 0 Å². The highest BCUT2D eigenvalue weighted by atomic mass is 35.5. The van der Waals surface area contributed by atoms with Crippen molar-refractivity contribution in [3.63, 3.8) is 0 Å². The summed E-state index contributed by atoms with van der Waals surface area (Å²) >= 11 is 18.5. The molecule has 0 aromatic heterocycles. The van der Waals surface area contributed by atoms with E-state index in [1.165, 1.54) is 32.1 Å². The first-order valence-electron chi connectivity index (χ1n) is 7.94. The molecule has 1 N–H and O–H groups in total. The van der Waals surface area contributed by atoms with E-state index >= 15 is 0 Å². The van der Waals surface area contributed by atoms with Gasteiger partial charge in [0.25, 0.3) is 0 Å². The molecule has 1 aromatic rings. The number of hydrogen-bond acceptors (Lipinski definition) is 1. The molecule has 1 aliphatic rings. The topological polar surface area (TPSA) is 12.0 Å². The molecule has 2 atom stereocenters. The standard InChI is InChI=1S/C17H24Cl3N/c1-3-15(12-7-5-4-6-8-12)21-11(2)13-9-10-14(18)17(20)16(13)19/h9-12,15,21H,3-8H2,1-2H3. The highest BCUT2D eigenvalue weighted by Gasteiger charge is 2.24. The molecule has 0 amide bonds. The Morgan fingerprint density at radius 1 is 1.10 bits per heavy atom. The van der Waals surface area contributed by atoms with E-state index in [0.29, 0.717) is 21.1 Å². The van der Waals surface area contributed by atoms with Crippen LogP contribution in [0.2, 0.25) is 15.1 Å². The summed E-state index contributed by atoms with van der Waals surface area (Å²) in [6.45, 7) is 4.41. The van der Waals surface area contributed by atoms with Crippen LogP contribution in [0.25, 0.3) is 0 Å². The molecule has 0 aliphatic heterocycles. The van der Waals surface area contributed by atoms with E-state index in [4.69, 9.17) is 34.8 Å². The zero-order chi connectivity index (χ0) is 15.4. The van der Waals surface area contributed by atoms with Crippen molar-refractivity contribution in [3.8, 4) is 0 Å². The van der Waals surface area contributed by atoms with Crippen LogP contribution in [-0.4, -0.2) is 6.04 Å². The lowest BCUT2D eigenvalue weighted by molar-refractivity contribution is 0.249. The lowest BCUT2D eigenvalue weighted by atomic mass is 9.82. The first-order chi connectivity index (χ1) is 10.0. The molecule has 1 aromatic carbocycles. The average molecular weight is 349 g/mol. The van der Waals surface area contributed by atoms with Gasteiger partial charge in [-0.3, -0.25) is 0 Å². The molecule has 0 bridgehead atoms. The lowest BCUT2D eigenvalue weighted by Gasteiger charge is -2.33. The third-order valence-corrected chi connectivity index (χ3v) is 5.96. The maximum Gasteiger partial charge on any atom is 0.0781 e. The van der Waals surface area contributed by atoms with Gasteiger partial charge in [0.1, 0.15) is 0 Å². The van der Waals surface area contributed by atoms with Gasteiger partial charge >= 0.3 is 0 Å². The highest BCUT2D eigenvalue weighted by molar-refractivity contribution is 6.48. The SMILES string of the molecule is CCC(NC(C)c1ccc(Cl)c(Cl)c1Cl)C1CCCCC1. The molecule has 1 nitrogen and oxygen atoms in total. The average Bonchev–Trinajstić information content (AvgIpc) is 2.51. The fourth-order valence-electron chi connectivity index (χ4n) is 3.41. The molecule has 0 spiro atoms. The van der Waals surface area contributed by atoms with Crippen LogP contribution in [-0.2, 0) is 0 Å². The first-order valence-corrected chi connectivity index (χ1v) is 9.07. The molecule has 1 aliphatic carbocycles. The van der Waals surface area contributed by atoms with Gasteiger partial charge in [-0.25, -0.2) is 0 Å². The first kappa shape index (κ1) is 17.4. The summed E-state index contributed by atoms with van der Waals surface area (Å²) < 4.78 is 0. The predicted octanol–water partition coefficient (Wildman–Crippen LogP) is 6.66. The van der Waals surface area contributed by atoms with E-state index < -0.39 is 0 Å². The van der Waals surface area contributed by atoms with Gasteiger partial charge in [0.05, 0.1) is 15.1 Å². The smallest absolute Gasteiger partial charge is 0.0781 e. The summed E-state index contributed by atoms with van der Waals surface area (Å²) in [4.78, 5) is 0. The molecule has 118 valence electrons. The minimum absolute atomic E-state index is 0.180. The number of hydrogen-bond donors (Lipinski definition) is 1. The van der Waals surface area contributed by atoms with E-state index in [-0.39, 0.29) is 6.04 Å². The Bertz CT molecular complexity index is 469. The third-order valence-electron chi connectivity index (χ3n) is 4.65. The van der Waals surface area contributed by atoms with Crippen LogP contribution >= 0.6 is 34.8 Å². The Kier molecular flexibility index (Phi) is 6.68. The predicted molar refractivity (Wildman–Crippen MR) is 93.7 cm³/mol. The number of benzene rings is 1. The second kappa shape index (κ2) is 8.06. The van der Waals surface area contributed by atoms with Crippen molar-refractivity contribution in [1.29, 1.82) is 0 Å². The molecule has 0 saturated heterocycles. The van der Waals surface area contributed by atoms with E-state index in [0.717, 1.165) is 17.9 Å². The molecule has 0 heterocycles. The van der Waals surface area contributed by atoms with E-state index in [9.17, 15) is 0 Å². The van der Waals surface area contributed by atoms with Gasteiger partial charge in [-0.2, -0.15) is 0 Å². The summed E-state index contributed by atoms with van der Waals surface area (Å²) in [5.41, 5.74) is 1.03. The second-order valence-corrected chi connectivity index (χ2v) is 7.23. The van der Waals surface area contributed by atoms with Crippen molar-refractivity contribution in [2.75, 3.05) is 0 Å². The van der Waals surface area contributed by atoms with E-state index in [2.05, 4.69) is 19.2 Å². The lowest BCUT2D eigenvalue weighted by Crippen LogP contribution is -2.38. The van der Waals surface area contributed by atoms with Crippen LogP contribution in [0.4, 0.5) is 0 Å². The fourth-order valence-corrected chi connectivity index (χ4v) is 4.12. The van der Waals surface area contributed by atoms with Crippen molar-refractivity contribution in [3.05, 3.63) is 32.8 Å². The Labute approximate surface area is 143 Å². The number of rotatable bonds is 5. The Morgan fingerprint density at radius 3 is 2.38 bits per heavy atom. The summed E-state index contributed by atoms with van der Waals surface area (Å²) in [5.74, 6) is 0.785.